The molecule has 2 aromatic heterocycles. The number of amides is 1. The minimum absolute atomic E-state index is 0.0890. The highest BCUT2D eigenvalue weighted by atomic mass is 16.3. The summed E-state index contributed by atoms with van der Waals surface area (Å²) in [5.74, 6) is 0.265. The molecular weight excluding hydrogens is 304 g/mol. The number of hydrogen-bond donors (Lipinski definition) is 1. The third-order valence-electron chi connectivity index (χ3n) is 4.91. The predicted octanol–water partition coefficient (Wildman–Crippen LogP) is 2.55. The van der Waals surface area contributed by atoms with E-state index in [1.165, 1.54) is 0 Å². The number of pyridine rings is 1. The number of hydrogen-bond acceptors (Lipinski definition) is 4. The number of fused-ring (bicyclic) bond motifs is 1. The first-order valence-electron chi connectivity index (χ1n) is 8.70. The van der Waals surface area contributed by atoms with E-state index in [2.05, 4.69) is 23.9 Å². The van der Waals surface area contributed by atoms with Gasteiger partial charge < -0.3 is 10.0 Å². The van der Waals surface area contributed by atoms with E-state index in [0.29, 0.717) is 18.0 Å². The van der Waals surface area contributed by atoms with Gasteiger partial charge in [-0.15, -0.1) is 0 Å². The Bertz CT molecular complexity index is 751. The maximum Gasteiger partial charge on any atom is 0.254 e. The number of nitrogens with zero attached hydrogens (tertiary/aromatic N) is 4. The lowest BCUT2D eigenvalue weighted by Crippen LogP contribution is -2.35. The molecule has 2 unspecified atom stereocenters. The average Bonchev–Trinajstić information content (AvgIpc) is 3.33. The van der Waals surface area contributed by atoms with E-state index in [-0.39, 0.29) is 11.9 Å². The molecule has 2 heterocycles. The van der Waals surface area contributed by atoms with E-state index in [4.69, 9.17) is 0 Å². The number of aromatic nitrogens is 3. The molecule has 0 aromatic carbocycles. The van der Waals surface area contributed by atoms with Crippen molar-refractivity contribution in [1.29, 1.82) is 0 Å². The zero-order valence-corrected chi connectivity index (χ0v) is 14.9. The number of likely N-dealkylation sites (N-methyl/N-ethyl adjacent to an activating group) is 1. The fraction of sp³-hybridized carbons (Fsp3) is 0.611. The third kappa shape index (κ3) is 3.15. The molecule has 2 atom stereocenters. The Morgan fingerprint density at radius 3 is 2.83 bits per heavy atom. The standard InChI is InChI=1S/C18H26N4O2/c1-5-12(3)22-17-15(9-19-22)14(8-11(2)20-17)18(24)21(4)10-16(23)13-6-7-13/h8-9,12-13,16,23H,5-7,10H2,1-4H3. The predicted molar refractivity (Wildman–Crippen MR) is 93.0 cm³/mol. The number of aryl methyl sites for hydroxylation is 1. The van der Waals surface area contributed by atoms with Crippen LogP contribution in [-0.4, -0.2) is 50.4 Å². The molecule has 6 heteroatoms. The summed E-state index contributed by atoms with van der Waals surface area (Å²) in [6.45, 7) is 6.46. The molecule has 0 bridgehead atoms. The minimum atomic E-state index is -0.430. The van der Waals surface area contributed by atoms with Crippen LogP contribution in [0.3, 0.4) is 0 Å². The molecule has 1 fully saturated rings. The SMILES string of the molecule is CCC(C)n1ncc2c(C(=O)N(C)CC(O)C3CC3)cc(C)nc21. The van der Waals surface area contributed by atoms with Crippen LogP contribution in [0.2, 0.25) is 0 Å². The van der Waals surface area contributed by atoms with Crippen molar-refractivity contribution < 1.29 is 9.90 Å². The smallest absolute Gasteiger partial charge is 0.254 e. The van der Waals surface area contributed by atoms with Crippen molar-refractivity contribution in [3.05, 3.63) is 23.5 Å². The molecule has 3 rings (SSSR count). The van der Waals surface area contributed by atoms with E-state index < -0.39 is 6.10 Å². The maximum absolute atomic E-state index is 12.9. The fourth-order valence-corrected chi connectivity index (χ4v) is 3.01. The van der Waals surface area contributed by atoms with Crippen LogP contribution in [0, 0.1) is 12.8 Å². The molecule has 24 heavy (non-hydrogen) atoms. The van der Waals surface area contributed by atoms with Crippen molar-refractivity contribution in [2.45, 2.75) is 52.2 Å². The average molecular weight is 330 g/mol. The van der Waals surface area contributed by atoms with Gasteiger partial charge in [-0.1, -0.05) is 6.92 Å². The number of carbonyl (C=O) groups is 1. The number of carbonyl (C=O) groups excluding carboxylic acids is 1. The second-order valence-electron chi connectivity index (χ2n) is 6.99. The van der Waals surface area contributed by atoms with Crippen molar-refractivity contribution in [3.8, 4) is 0 Å². The van der Waals surface area contributed by atoms with Gasteiger partial charge >= 0.3 is 0 Å². The second kappa shape index (κ2) is 6.51. The summed E-state index contributed by atoms with van der Waals surface area (Å²) < 4.78 is 1.89. The van der Waals surface area contributed by atoms with Gasteiger partial charge in [-0.3, -0.25) is 4.79 Å². The quantitative estimate of drug-likeness (QED) is 0.883. The van der Waals surface area contributed by atoms with Crippen LogP contribution in [0.25, 0.3) is 11.0 Å². The lowest BCUT2D eigenvalue weighted by atomic mass is 10.1. The molecule has 0 saturated heterocycles. The van der Waals surface area contributed by atoms with Crippen LogP contribution in [0.5, 0.6) is 0 Å². The highest BCUT2D eigenvalue weighted by Gasteiger charge is 2.31. The fourth-order valence-electron chi connectivity index (χ4n) is 3.01. The minimum Gasteiger partial charge on any atom is -0.391 e. The van der Waals surface area contributed by atoms with E-state index >= 15 is 0 Å². The lowest BCUT2D eigenvalue weighted by Gasteiger charge is -2.21. The summed E-state index contributed by atoms with van der Waals surface area (Å²) in [6.07, 6.45) is 4.36. The van der Waals surface area contributed by atoms with E-state index in [1.54, 1.807) is 18.1 Å². The number of aliphatic hydroxyl groups excluding tert-OH is 1. The Labute approximate surface area is 142 Å². The zero-order valence-electron chi connectivity index (χ0n) is 14.9. The van der Waals surface area contributed by atoms with Crippen LogP contribution >= 0.6 is 0 Å². The molecule has 0 radical (unpaired) electrons. The molecule has 1 aliphatic rings. The zero-order chi connectivity index (χ0) is 17.4. The van der Waals surface area contributed by atoms with Gasteiger partial charge in [-0.05, 0) is 45.1 Å². The molecule has 130 valence electrons. The van der Waals surface area contributed by atoms with E-state index in [1.807, 2.05) is 17.7 Å². The molecule has 6 nitrogen and oxygen atoms in total. The highest BCUT2D eigenvalue weighted by molar-refractivity contribution is 6.05. The topological polar surface area (TPSA) is 71.2 Å². The van der Waals surface area contributed by atoms with Crippen LogP contribution in [0.15, 0.2) is 12.3 Å². The summed E-state index contributed by atoms with van der Waals surface area (Å²) in [7, 11) is 1.74. The molecule has 0 aliphatic heterocycles. The molecular formula is C18H26N4O2. The van der Waals surface area contributed by atoms with Gasteiger partial charge in [0.25, 0.3) is 5.91 Å². The van der Waals surface area contributed by atoms with Crippen LogP contribution < -0.4 is 0 Å². The van der Waals surface area contributed by atoms with Gasteiger partial charge in [0, 0.05) is 19.3 Å². The monoisotopic (exact) mass is 330 g/mol. The Hall–Kier alpha value is -1.95. The van der Waals surface area contributed by atoms with Crippen molar-refractivity contribution in [1.82, 2.24) is 19.7 Å². The van der Waals surface area contributed by atoms with Crippen LogP contribution in [-0.2, 0) is 0 Å². The molecule has 2 aromatic rings. The van der Waals surface area contributed by atoms with Gasteiger partial charge in [0.1, 0.15) is 0 Å². The van der Waals surface area contributed by atoms with Crippen molar-refractivity contribution in [3.63, 3.8) is 0 Å². The normalized spacial score (nSPS) is 17.0. The Morgan fingerprint density at radius 1 is 1.50 bits per heavy atom. The van der Waals surface area contributed by atoms with Gasteiger partial charge in [0.2, 0.25) is 0 Å². The summed E-state index contributed by atoms with van der Waals surface area (Å²) in [5, 5.41) is 15.3. The van der Waals surface area contributed by atoms with Gasteiger partial charge in [-0.2, -0.15) is 5.10 Å². The lowest BCUT2D eigenvalue weighted by molar-refractivity contribution is 0.0647. The Kier molecular flexibility index (Phi) is 4.58. The van der Waals surface area contributed by atoms with Gasteiger partial charge in [-0.25, -0.2) is 9.67 Å². The first-order chi connectivity index (χ1) is 11.4. The van der Waals surface area contributed by atoms with Crippen LogP contribution in [0.1, 0.15) is 55.2 Å². The number of aliphatic hydroxyl groups is 1. The molecule has 1 N–H and O–H groups in total. The van der Waals surface area contributed by atoms with Crippen molar-refractivity contribution in [2.75, 3.05) is 13.6 Å². The largest absolute Gasteiger partial charge is 0.391 e. The molecule has 1 amide bonds. The Balaban J connectivity index is 1.93. The third-order valence-corrected chi connectivity index (χ3v) is 4.91. The highest BCUT2D eigenvalue weighted by Crippen LogP contribution is 2.33. The van der Waals surface area contributed by atoms with Crippen molar-refractivity contribution >= 4 is 16.9 Å². The Morgan fingerprint density at radius 2 is 2.21 bits per heavy atom. The summed E-state index contributed by atoms with van der Waals surface area (Å²) in [4.78, 5) is 19.1. The number of rotatable bonds is 6. The maximum atomic E-state index is 12.9. The first kappa shape index (κ1) is 16.9. The second-order valence-corrected chi connectivity index (χ2v) is 6.99. The summed E-state index contributed by atoms with van der Waals surface area (Å²) in [5.41, 5.74) is 2.16. The molecule has 0 spiro atoms. The van der Waals surface area contributed by atoms with Crippen LogP contribution in [0.4, 0.5) is 0 Å². The molecule has 1 aliphatic carbocycles. The van der Waals surface area contributed by atoms with Gasteiger partial charge in [0.05, 0.1) is 29.3 Å². The van der Waals surface area contributed by atoms with E-state index in [0.717, 1.165) is 36.0 Å². The van der Waals surface area contributed by atoms with E-state index in [9.17, 15) is 9.90 Å². The summed E-state index contributed by atoms with van der Waals surface area (Å²) in [6, 6.07) is 2.04. The molecule has 1 saturated carbocycles. The summed E-state index contributed by atoms with van der Waals surface area (Å²) >= 11 is 0. The first-order valence-corrected chi connectivity index (χ1v) is 8.70. The van der Waals surface area contributed by atoms with Gasteiger partial charge in [0.15, 0.2) is 5.65 Å². The van der Waals surface area contributed by atoms with Crippen molar-refractivity contribution in [2.24, 2.45) is 5.92 Å².